The number of hydrogen-bond donors (Lipinski definition) is 0. The lowest BCUT2D eigenvalue weighted by Crippen LogP contribution is -2.21. The van der Waals surface area contributed by atoms with Crippen molar-refractivity contribution >= 4 is 11.9 Å². The SMILES string of the molecule is CCCCCCCCOC(=O)C1=C(C(=O)OCCCCCCCC)C2CC1C=C2C. The van der Waals surface area contributed by atoms with E-state index in [2.05, 4.69) is 19.9 Å². The fourth-order valence-corrected chi connectivity index (χ4v) is 4.64. The van der Waals surface area contributed by atoms with Crippen molar-refractivity contribution in [3.63, 3.8) is 0 Å². The van der Waals surface area contributed by atoms with Gasteiger partial charge in [0.2, 0.25) is 0 Å². The topological polar surface area (TPSA) is 52.6 Å². The molecule has 2 rings (SSSR count). The molecule has 170 valence electrons. The number of hydrogen-bond acceptors (Lipinski definition) is 4. The van der Waals surface area contributed by atoms with Crippen molar-refractivity contribution in [3.8, 4) is 0 Å². The molecule has 0 aromatic carbocycles. The summed E-state index contributed by atoms with van der Waals surface area (Å²) in [6.07, 6.45) is 16.8. The van der Waals surface area contributed by atoms with Gasteiger partial charge >= 0.3 is 11.9 Å². The van der Waals surface area contributed by atoms with Gasteiger partial charge in [-0.05, 0) is 26.2 Å². The molecule has 2 bridgehead atoms. The molecule has 2 aliphatic rings. The summed E-state index contributed by atoms with van der Waals surface area (Å²) < 4.78 is 11.1. The van der Waals surface area contributed by atoms with E-state index in [0.29, 0.717) is 24.4 Å². The van der Waals surface area contributed by atoms with Gasteiger partial charge in [0.15, 0.2) is 0 Å². The van der Waals surface area contributed by atoms with Crippen LogP contribution in [0.4, 0.5) is 0 Å². The van der Waals surface area contributed by atoms with E-state index < -0.39 is 0 Å². The molecule has 0 N–H and O–H groups in total. The lowest BCUT2D eigenvalue weighted by Gasteiger charge is -2.17. The number of carbonyl (C=O) groups is 2. The monoisotopic (exact) mass is 418 g/mol. The molecular weight excluding hydrogens is 376 g/mol. The minimum Gasteiger partial charge on any atom is -0.462 e. The van der Waals surface area contributed by atoms with E-state index in [1.807, 2.05) is 6.92 Å². The number of rotatable bonds is 16. The van der Waals surface area contributed by atoms with Crippen LogP contribution in [0.15, 0.2) is 22.8 Å². The Kier molecular flexibility index (Phi) is 11.2. The fourth-order valence-electron chi connectivity index (χ4n) is 4.64. The second kappa shape index (κ2) is 13.7. The molecule has 0 amide bonds. The van der Waals surface area contributed by atoms with Crippen LogP contribution in [0, 0.1) is 11.8 Å². The molecule has 0 spiro atoms. The number of fused-ring (bicyclic) bond motifs is 2. The molecule has 30 heavy (non-hydrogen) atoms. The molecule has 0 radical (unpaired) electrons. The summed E-state index contributed by atoms with van der Waals surface area (Å²) in [6, 6.07) is 0. The van der Waals surface area contributed by atoms with Crippen LogP contribution in [0.3, 0.4) is 0 Å². The van der Waals surface area contributed by atoms with Crippen LogP contribution in [0.25, 0.3) is 0 Å². The van der Waals surface area contributed by atoms with E-state index in [4.69, 9.17) is 9.47 Å². The minimum atomic E-state index is -0.314. The van der Waals surface area contributed by atoms with Crippen LogP contribution in [0.2, 0.25) is 0 Å². The third-order valence-corrected chi connectivity index (χ3v) is 6.41. The summed E-state index contributed by atoms with van der Waals surface area (Å²) in [5.74, 6) is -0.575. The van der Waals surface area contributed by atoms with E-state index in [1.54, 1.807) is 0 Å². The molecule has 0 saturated carbocycles. The number of esters is 2. The number of carbonyl (C=O) groups excluding carboxylic acids is 2. The number of ether oxygens (including phenoxy) is 2. The average molecular weight is 419 g/mol. The maximum atomic E-state index is 12.8. The largest absolute Gasteiger partial charge is 0.462 e. The second-order valence-corrected chi connectivity index (χ2v) is 8.94. The van der Waals surface area contributed by atoms with Crippen molar-refractivity contribution in [2.45, 2.75) is 104 Å². The van der Waals surface area contributed by atoms with Gasteiger partial charge in [0.05, 0.1) is 24.4 Å². The average Bonchev–Trinajstić information content (AvgIpc) is 3.29. The van der Waals surface area contributed by atoms with Gasteiger partial charge in [-0.2, -0.15) is 0 Å². The van der Waals surface area contributed by atoms with Gasteiger partial charge in [-0.15, -0.1) is 0 Å². The summed E-state index contributed by atoms with van der Waals surface area (Å²) in [7, 11) is 0. The van der Waals surface area contributed by atoms with Gasteiger partial charge in [-0.3, -0.25) is 0 Å². The Morgan fingerprint density at radius 3 is 1.77 bits per heavy atom. The zero-order valence-corrected chi connectivity index (χ0v) is 19.5. The minimum absolute atomic E-state index is 0.0173. The maximum Gasteiger partial charge on any atom is 0.335 e. The van der Waals surface area contributed by atoms with E-state index in [-0.39, 0.29) is 23.8 Å². The van der Waals surface area contributed by atoms with Crippen molar-refractivity contribution < 1.29 is 19.1 Å². The second-order valence-electron chi connectivity index (χ2n) is 8.94. The first-order valence-electron chi connectivity index (χ1n) is 12.4. The Morgan fingerprint density at radius 2 is 1.23 bits per heavy atom. The highest BCUT2D eigenvalue weighted by molar-refractivity contribution is 6.03. The van der Waals surface area contributed by atoms with E-state index in [1.165, 1.54) is 56.9 Å². The lowest BCUT2D eigenvalue weighted by atomic mass is 9.92. The predicted octanol–water partition coefficient (Wildman–Crippen LogP) is 6.69. The summed E-state index contributed by atoms with van der Waals surface area (Å²) >= 11 is 0. The molecule has 0 saturated heterocycles. The van der Waals surface area contributed by atoms with Crippen LogP contribution in [-0.2, 0) is 19.1 Å². The molecule has 4 heteroatoms. The quantitative estimate of drug-likeness (QED) is 0.159. The van der Waals surface area contributed by atoms with Crippen LogP contribution >= 0.6 is 0 Å². The van der Waals surface area contributed by atoms with Crippen molar-refractivity contribution in [2.24, 2.45) is 11.8 Å². The highest BCUT2D eigenvalue weighted by atomic mass is 16.5. The molecule has 0 aromatic heterocycles. The summed E-state index contributed by atoms with van der Waals surface area (Å²) in [5, 5.41) is 0. The highest BCUT2D eigenvalue weighted by Gasteiger charge is 2.45. The molecule has 0 fully saturated rings. The first-order valence-corrected chi connectivity index (χ1v) is 12.4. The smallest absolute Gasteiger partial charge is 0.335 e. The molecule has 4 nitrogen and oxygen atoms in total. The van der Waals surface area contributed by atoms with Crippen molar-refractivity contribution in [1.82, 2.24) is 0 Å². The Bertz CT molecular complexity index is 617. The molecule has 0 aromatic rings. The van der Waals surface area contributed by atoms with Crippen LogP contribution < -0.4 is 0 Å². The molecule has 2 atom stereocenters. The summed E-state index contributed by atoms with van der Waals surface area (Å²) in [5.41, 5.74) is 2.31. The number of allylic oxidation sites excluding steroid dienone is 2. The van der Waals surface area contributed by atoms with E-state index in [0.717, 1.165) is 32.1 Å². The highest BCUT2D eigenvalue weighted by Crippen LogP contribution is 2.48. The first kappa shape index (κ1) is 24.7. The van der Waals surface area contributed by atoms with Crippen molar-refractivity contribution in [3.05, 3.63) is 22.8 Å². The third-order valence-electron chi connectivity index (χ3n) is 6.41. The van der Waals surface area contributed by atoms with Crippen molar-refractivity contribution in [1.29, 1.82) is 0 Å². The predicted molar refractivity (Wildman–Crippen MR) is 121 cm³/mol. The molecular formula is C26H42O4. The zero-order chi connectivity index (χ0) is 21.8. The van der Waals surface area contributed by atoms with Crippen LogP contribution in [0.1, 0.15) is 104 Å². The standard InChI is InChI=1S/C26H42O4/c1-4-6-8-10-12-14-16-29-25(27)23-21-18-20(3)22(19-21)24(23)26(28)30-17-15-13-11-9-7-5-2/h18,21-22H,4-17,19H2,1-3H3. The zero-order valence-electron chi connectivity index (χ0n) is 19.5. The summed E-state index contributed by atoms with van der Waals surface area (Å²) in [6.45, 7) is 7.34. The third kappa shape index (κ3) is 7.28. The van der Waals surface area contributed by atoms with Gasteiger partial charge in [-0.25, -0.2) is 9.59 Å². The first-order chi connectivity index (χ1) is 14.6. The number of unbranched alkanes of at least 4 members (excludes halogenated alkanes) is 10. The van der Waals surface area contributed by atoms with E-state index >= 15 is 0 Å². The maximum absolute atomic E-state index is 12.8. The fraction of sp³-hybridized carbons (Fsp3) is 0.769. The lowest BCUT2D eigenvalue weighted by molar-refractivity contribution is -0.142. The molecule has 2 aliphatic carbocycles. The van der Waals surface area contributed by atoms with Crippen LogP contribution in [0.5, 0.6) is 0 Å². The van der Waals surface area contributed by atoms with Gasteiger partial charge in [0.25, 0.3) is 0 Å². The van der Waals surface area contributed by atoms with Gasteiger partial charge < -0.3 is 9.47 Å². The molecule has 0 aliphatic heterocycles. The Hall–Kier alpha value is -1.58. The Balaban J connectivity index is 1.81. The Labute approximate surface area is 183 Å². The van der Waals surface area contributed by atoms with E-state index in [9.17, 15) is 9.59 Å². The van der Waals surface area contributed by atoms with Gasteiger partial charge in [0, 0.05) is 11.8 Å². The van der Waals surface area contributed by atoms with Crippen LogP contribution in [-0.4, -0.2) is 25.2 Å². The van der Waals surface area contributed by atoms with Gasteiger partial charge in [0.1, 0.15) is 0 Å². The van der Waals surface area contributed by atoms with Gasteiger partial charge in [-0.1, -0.05) is 89.7 Å². The molecule has 2 unspecified atom stereocenters. The summed E-state index contributed by atoms with van der Waals surface area (Å²) in [4.78, 5) is 25.5. The molecule has 0 heterocycles. The van der Waals surface area contributed by atoms with Crippen molar-refractivity contribution in [2.75, 3.05) is 13.2 Å². The normalized spacial score (nSPS) is 19.9. The Morgan fingerprint density at radius 1 is 0.767 bits per heavy atom.